The third-order valence-corrected chi connectivity index (χ3v) is 12.2. The van der Waals surface area contributed by atoms with E-state index in [-0.39, 0.29) is 10.8 Å². The van der Waals surface area contributed by atoms with Gasteiger partial charge in [0.05, 0.1) is 22.6 Å². The topological polar surface area (TPSA) is 25.8 Å². The van der Waals surface area contributed by atoms with Gasteiger partial charge in [0.15, 0.2) is 0 Å². The Balaban J connectivity index is 1.02. The summed E-state index contributed by atoms with van der Waals surface area (Å²) in [6, 6.07) is 48.6. The van der Waals surface area contributed by atoms with Gasteiger partial charge in [-0.25, -0.2) is 9.97 Å². The molecule has 2 aliphatic rings. The zero-order valence-corrected chi connectivity index (χ0v) is 28.8. The van der Waals surface area contributed by atoms with Crippen LogP contribution in [-0.2, 0) is 10.8 Å². The highest BCUT2D eigenvalue weighted by Crippen LogP contribution is 2.63. The average molecular weight is 647 g/mol. The van der Waals surface area contributed by atoms with E-state index in [1.165, 1.54) is 64.5 Å². The summed E-state index contributed by atoms with van der Waals surface area (Å²) in [5.74, 6) is 0. The Morgan fingerprint density at radius 1 is 0.449 bits per heavy atom. The summed E-state index contributed by atoms with van der Waals surface area (Å²) in [5.41, 5.74) is 15.7. The molecule has 5 aromatic carbocycles. The maximum Gasteiger partial charge on any atom is 0.0710 e. The summed E-state index contributed by atoms with van der Waals surface area (Å²) in [4.78, 5) is 10.2. The normalized spacial score (nSPS) is 15.6. The Bertz CT molecular complexity index is 2720. The van der Waals surface area contributed by atoms with Gasteiger partial charge in [0.25, 0.3) is 0 Å². The molecule has 3 heterocycles. The van der Waals surface area contributed by atoms with Crippen molar-refractivity contribution in [3.05, 3.63) is 156 Å². The van der Waals surface area contributed by atoms with Crippen LogP contribution in [0.3, 0.4) is 0 Å². The van der Waals surface area contributed by atoms with Crippen LogP contribution in [0, 0.1) is 0 Å². The summed E-state index contributed by atoms with van der Waals surface area (Å²) in [7, 11) is 0. The van der Waals surface area contributed by atoms with Crippen LogP contribution >= 0.6 is 11.3 Å². The molecule has 2 aliphatic carbocycles. The monoisotopic (exact) mass is 646 g/mol. The molecule has 0 bridgehead atoms. The zero-order chi connectivity index (χ0) is 33.1. The van der Waals surface area contributed by atoms with E-state index >= 15 is 0 Å². The van der Waals surface area contributed by atoms with Gasteiger partial charge in [0.2, 0.25) is 0 Å². The molecule has 0 spiro atoms. The first kappa shape index (κ1) is 28.6. The minimum atomic E-state index is -0.143. The van der Waals surface area contributed by atoms with Crippen molar-refractivity contribution in [3.8, 4) is 33.8 Å². The molecule has 49 heavy (non-hydrogen) atoms. The number of pyridine rings is 2. The lowest BCUT2D eigenvalue weighted by molar-refractivity contribution is 0.694. The van der Waals surface area contributed by atoms with Gasteiger partial charge in [0, 0.05) is 53.1 Å². The summed E-state index contributed by atoms with van der Waals surface area (Å²) in [6.45, 7) is 9.57. The third-order valence-electron chi connectivity index (χ3n) is 11.0. The predicted octanol–water partition coefficient (Wildman–Crippen LogP) is 12.5. The Morgan fingerprint density at radius 2 is 1.02 bits per heavy atom. The molecule has 0 amide bonds. The molecule has 2 nitrogen and oxygen atoms in total. The molecule has 10 rings (SSSR count). The van der Waals surface area contributed by atoms with E-state index in [0.29, 0.717) is 0 Å². The van der Waals surface area contributed by atoms with E-state index < -0.39 is 0 Å². The van der Waals surface area contributed by atoms with Crippen LogP contribution in [0.5, 0.6) is 0 Å². The molecule has 0 atom stereocenters. The van der Waals surface area contributed by atoms with Crippen molar-refractivity contribution < 1.29 is 0 Å². The molecular weight excluding hydrogens is 613 g/mol. The number of para-hydroxylation sites is 1. The van der Waals surface area contributed by atoms with E-state index in [0.717, 1.165) is 33.7 Å². The van der Waals surface area contributed by atoms with Crippen LogP contribution in [0.1, 0.15) is 49.9 Å². The Hall–Kier alpha value is -5.38. The first-order chi connectivity index (χ1) is 23.8. The molecule has 8 aromatic rings. The number of fused-ring (bicyclic) bond motifs is 8. The van der Waals surface area contributed by atoms with Gasteiger partial charge in [-0.05, 0) is 81.9 Å². The van der Waals surface area contributed by atoms with Crippen molar-refractivity contribution in [1.29, 1.82) is 0 Å². The molecule has 0 unspecified atom stereocenters. The van der Waals surface area contributed by atoms with Crippen LogP contribution in [-0.4, -0.2) is 9.97 Å². The highest BCUT2D eigenvalue weighted by atomic mass is 32.1. The molecular formula is C46H34N2S. The quantitative estimate of drug-likeness (QED) is 0.191. The van der Waals surface area contributed by atoms with Crippen molar-refractivity contribution in [2.75, 3.05) is 0 Å². The van der Waals surface area contributed by atoms with Crippen molar-refractivity contribution in [2.45, 2.75) is 38.5 Å². The van der Waals surface area contributed by atoms with Gasteiger partial charge in [-0.1, -0.05) is 113 Å². The Kier molecular flexibility index (Phi) is 5.88. The summed E-state index contributed by atoms with van der Waals surface area (Å²) in [6.07, 6.45) is 0. The minimum Gasteiger partial charge on any atom is -0.248 e. The summed E-state index contributed by atoms with van der Waals surface area (Å²) in [5, 5.41) is 3.81. The molecule has 234 valence electrons. The lowest BCUT2D eigenvalue weighted by Gasteiger charge is -2.28. The summed E-state index contributed by atoms with van der Waals surface area (Å²) >= 11 is 1.85. The average Bonchev–Trinajstić information content (AvgIpc) is 3.71. The molecule has 0 saturated carbocycles. The van der Waals surface area contributed by atoms with Gasteiger partial charge >= 0.3 is 0 Å². The SMILES string of the molecule is CC1(C)C2=C(c3ccc(-c4cccc(-c5ccc6c(c5)sc5ccccc56)n4)cc31)C(C)(C)c1cc(-c3ccc4ccccc4n3)ccc12. The standard InChI is InChI=1S/C46H34N2S/c1-45(2)35-24-28(38-13-9-14-39(48-38)30-16-20-32-31-11-6-8-15-41(31)49-42(32)26-30)17-21-33(35)43-44(45)34-22-18-29(25-36(34)46(43,3)4)40-23-19-27-10-5-7-12-37(27)47-40/h5-26H,1-4H3. The van der Waals surface area contributed by atoms with Crippen LogP contribution in [0.15, 0.2) is 133 Å². The lowest BCUT2D eigenvalue weighted by Crippen LogP contribution is -2.19. The van der Waals surface area contributed by atoms with E-state index in [9.17, 15) is 0 Å². The number of hydrogen-bond acceptors (Lipinski definition) is 3. The number of thiophene rings is 1. The molecule has 3 aromatic heterocycles. The van der Waals surface area contributed by atoms with Crippen LogP contribution in [0.2, 0.25) is 0 Å². The zero-order valence-electron chi connectivity index (χ0n) is 28.0. The fourth-order valence-corrected chi connectivity index (χ4v) is 9.73. The fraction of sp³-hybridized carbons (Fsp3) is 0.130. The minimum absolute atomic E-state index is 0.134. The van der Waals surface area contributed by atoms with Gasteiger partial charge < -0.3 is 0 Å². The molecule has 0 saturated heterocycles. The number of rotatable bonds is 3. The molecule has 0 radical (unpaired) electrons. The lowest BCUT2D eigenvalue weighted by atomic mass is 9.75. The van der Waals surface area contributed by atoms with E-state index in [4.69, 9.17) is 9.97 Å². The second-order valence-electron chi connectivity index (χ2n) is 14.6. The predicted molar refractivity (Wildman–Crippen MR) is 208 cm³/mol. The number of nitrogens with zero attached hydrogens (tertiary/aromatic N) is 2. The molecule has 0 fully saturated rings. The number of aromatic nitrogens is 2. The number of hydrogen-bond donors (Lipinski definition) is 0. The molecule has 3 heteroatoms. The second-order valence-corrected chi connectivity index (χ2v) is 15.7. The van der Waals surface area contributed by atoms with Crippen LogP contribution in [0.25, 0.3) is 76.0 Å². The molecule has 0 N–H and O–H groups in total. The highest BCUT2D eigenvalue weighted by Gasteiger charge is 2.49. The van der Waals surface area contributed by atoms with Crippen molar-refractivity contribution in [3.63, 3.8) is 0 Å². The first-order valence-electron chi connectivity index (χ1n) is 17.1. The third kappa shape index (κ3) is 4.12. The van der Waals surface area contributed by atoms with Crippen molar-refractivity contribution in [1.82, 2.24) is 9.97 Å². The van der Waals surface area contributed by atoms with Crippen molar-refractivity contribution in [2.24, 2.45) is 0 Å². The highest BCUT2D eigenvalue weighted by molar-refractivity contribution is 7.25. The van der Waals surface area contributed by atoms with E-state index in [1.54, 1.807) is 0 Å². The maximum atomic E-state index is 5.23. The van der Waals surface area contributed by atoms with E-state index in [1.807, 2.05) is 11.3 Å². The van der Waals surface area contributed by atoms with E-state index in [2.05, 4.69) is 161 Å². The van der Waals surface area contributed by atoms with Gasteiger partial charge in [-0.3, -0.25) is 0 Å². The number of allylic oxidation sites excluding steroid dienone is 2. The largest absolute Gasteiger partial charge is 0.248 e. The van der Waals surface area contributed by atoms with Gasteiger partial charge in [-0.2, -0.15) is 0 Å². The maximum absolute atomic E-state index is 5.23. The van der Waals surface area contributed by atoms with Crippen LogP contribution in [0.4, 0.5) is 0 Å². The van der Waals surface area contributed by atoms with Crippen LogP contribution < -0.4 is 0 Å². The smallest absolute Gasteiger partial charge is 0.0710 e. The molecule has 0 aliphatic heterocycles. The summed E-state index contributed by atoms with van der Waals surface area (Å²) < 4.78 is 2.63. The van der Waals surface area contributed by atoms with Crippen molar-refractivity contribution >= 4 is 53.6 Å². The Morgan fingerprint density at radius 3 is 1.73 bits per heavy atom. The Labute approximate surface area is 290 Å². The van der Waals surface area contributed by atoms with Gasteiger partial charge in [-0.15, -0.1) is 11.3 Å². The number of benzene rings is 5. The first-order valence-corrected chi connectivity index (χ1v) is 17.9. The fourth-order valence-electron chi connectivity index (χ4n) is 8.58. The van der Waals surface area contributed by atoms with Gasteiger partial charge in [0.1, 0.15) is 0 Å². The second kappa shape index (κ2) is 10.1.